The maximum atomic E-state index is 12.9. The Balaban J connectivity index is 2.16. The van der Waals surface area contributed by atoms with Gasteiger partial charge in [-0.2, -0.15) is 18.4 Å². The molecule has 1 aromatic rings. The lowest BCUT2D eigenvalue weighted by molar-refractivity contribution is -0.137. The quantitative estimate of drug-likeness (QED) is 0.917. The van der Waals surface area contributed by atoms with Crippen LogP contribution in [0.4, 0.5) is 18.9 Å². The summed E-state index contributed by atoms with van der Waals surface area (Å²) < 4.78 is 44.0. The highest BCUT2D eigenvalue weighted by atomic mass is 19.4. The summed E-state index contributed by atoms with van der Waals surface area (Å²) in [5.41, 5.74) is -0.832. The molecule has 0 aromatic heterocycles. The Bertz CT molecular complexity index is 488. The Labute approximate surface area is 109 Å². The van der Waals surface area contributed by atoms with Crippen molar-refractivity contribution in [2.75, 3.05) is 18.5 Å². The molecule has 0 spiro atoms. The fourth-order valence-electron chi connectivity index (χ4n) is 2.03. The second kappa shape index (κ2) is 5.49. The zero-order valence-electron chi connectivity index (χ0n) is 10.1. The maximum absolute atomic E-state index is 12.9. The summed E-state index contributed by atoms with van der Waals surface area (Å²) in [6.07, 6.45) is -2.74. The van der Waals surface area contributed by atoms with E-state index in [4.69, 9.17) is 10.00 Å². The summed E-state index contributed by atoms with van der Waals surface area (Å²) in [7, 11) is 0. The van der Waals surface area contributed by atoms with Crippen LogP contribution < -0.4 is 5.32 Å². The average molecular weight is 270 g/mol. The molecule has 0 aliphatic carbocycles. The average Bonchev–Trinajstić information content (AvgIpc) is 2.88. The minimum Gasteiger partial charge on any atom is -0.382 e. The zero-order valence-corrected chi connectivity index (χ0v) is 10.1. The first-order valence-corrected chi connectivity index (χ1v) is 5.97. The predicted octanol–water partition coefficient (Wildman–Crippen LogP) is 3.17. The van der Waals surface area contributed by atoms with E-state index < -0.39 is 11.7 Å². The molecule has 1 saturated heterocycles. The first kappa shape index (κ1) is 13.7. The second-order valence-electron chi connectivity index (χ2n) is 4.39. The van der Waals surface area contributed by atoms with Gasteiger partial charge in [-0.3, -0.25) is 0 Å². The van der Waals surface area contributed by atoms with Gasteiger partial charge in [-0.05, 0) is 31.0 Å². The number of ether oxygens (including phenoxy) is 1. The van der Waals surface area contributed by atoms with Gasteiger partial charge in [0.15, 0.2) is 0 Å². The Hall–Kier alpha value is -1.74. The molecule has 0 bridgehead atoms. The van der Waals surface area contributed by atoms with Crippen molar-refractivity contribution in [1.29, 1.82) is 5.26 Å². The summed E-state index contributed by atoms with van der Waals surface area (Å²) in [4.78, 5) is 0. The first-order valence-electron chi connectivity index (χ1n) is 5.97. The van der Waals surface area contributed by atoms with Crippen LogP contribution in [0.15, 0.2) is 18.2 Å². The Morgan fingerprint density at radius 3 is 2.79 bits per heavy atom. The predicted molar refractivity (Wildman–Crippen MR) is 63.6 cm³/mol. The Morgan fingerprint density at radius 1 is 1.42 bits per heavy atom. The highest BCUT2D eigenvalue weighted by Crippen LogP contribution is 2.35. The molecule has 19 heavy (non-hydrogen) atoms. The molecule has 3 nitrogen and oxygen atoms in total. The summed E-state index contributed by atoms with van der Waals surface area (Å²) in [5, 5.41) is 11.4. The third-order valence-corrected chi connectivity index (χ3v) is 3.00. The van der Waals surface area contributed by atoms with Gasteiger partial charge in [0.05, 0.1) is 23.3 Å². The van der Waals surface area contributed by atoms with Crippen molar-refractivity contribution in [2.45, 2.75) is 25.1 Å². The van der Waals surface area contributed by atoms with Gasteiger partial charge in [0.2, 0.25) is 0 Å². The third kappa shape index (κ3) is 3.38. The van der Waals surface area contributed by atoms with Crippen molar-refractivity contribution in [1.82, 2.24) is 0 Å². The van der Waals surface area contributed by atoms with Crippen molar-refractivity contribution in [2.24, 2.45) is 0 Å². The van der Waals surface area contributed by atoms with Crippen LogP contribution >= 0.6 is 0 Å². The molecule has 1 fully saturated rings. The standard InChI is InChI=1S/C13H13F3N2O/c14-13(15,16)11-6-9(7-17)3-4-12(11)18-8-10-2-1-5-19-10/h3-4,6,10,18H,1-2,5,8H2/t10-/m0/s1. The molecule has 6 heteroatoms. The van der Waals surface area contributed by atoms with E-state index in [0.717, 1.165) is 18.9 Å². The third-order valence-electron chi connectivity index (χ3n) is 3.00. The van der Waals surface area contributed by atoms with Gasteiger partial charge in [0.1, 0.15) is 0 Å². The monoisotopic (exact) mass is 270 g/mol. The fourth-order valence-corrected chi connectivity index (χ4v) is 2.03. The summed E-state index contributed by atoms with van der Waals surface area (Å²) in [6.45, 7) is 1.00. The van der Waals surface area contributed by atoms with E-state index in [9.17, 15) is 13.2 Å². The molecule has 102 valence electrons. The zero-order chi connectivity index (χ0) is 13.9. The first-order chi connectivity index (χ1) is 9.00. The molecule has 0 unspecified atom stereocenters. The number of hydrogen-bond donors (Lipinski definition) is 1. The summed E-state index contributed by atoms with van der Waals surface area (Å²) in [5.74, 6) is 0. The van der Waals surface area contributed by atoms with Gasteiger partial charge in [-0.15, -0.1) is 0 Å². The summed E-state index contributed by atoms with van der Waals surface area (Å²) >= 11 is 0. The van der Waals surface area contributed by atoms with E-state index >= 15 is 0 Å². The lowest BCUT2D eigenvalue weighted by Crippen LogP contribution is -2.20. The smallest absolute Gasteiger partial charge is 0.382 e. The second-order valence-corrected chi connectivity index (χ2v) is 4.39. The highest BCUT2D eigenvalue weighted by Gasteiger charge is 2.34. The highest BCUT2D eigenvalue weighted by molar-refractivity contribution is 5.56. The van der Waals surface area contributed by atoms with Crippen molar-refractivity contribution in [3.8, 4) is 6.07 Å². The van der Waals surface area contributed by atoms with Crippen LogP contribution in [0.25, 0.3) is 0 Å². The van der Waals surface area contributed by atoms with Crippen LogP contribution in [-0.2, 0) is 10.9 Å². The largest absolute Gasteiger partial charge is 0.418 e. The number of nitrogens with one attached hydrogen (secondary N) is 1. The maximum Gasteiger partial charge on any atom is 0.418 e. The van der Waals surface area contributed by atoms with Crippen LogP contribution in [-0.4, -0.2) is 19.3 Å². The van der Waals surface area contributed by atoms with E-state index in [2.05, 4.69) is 5.32 Å². The van der Waals surface area contributed by atoms with E-state index in [1.165, 1.54) is 12.1 Å². The molecule has 0 amide bonds. The molecule has 1 aliphatic heterocycles. The van der Waals surface area contributed by atoms with Crippen molar-refractivity contribution in [3.63, 3.8) is 0 Å². The number of halogens is 3. The molecule has 2 rings (SSSR count). The number of rotatable bonds is 3. The van der Waals surface area contributed by atoms with Gasteiger partial charge < -0.3 is 10.1 Å². The lowest BCUT2D eigenvalue weighted by atomic mass is 10.1. The SMILES string of the molecule is N#Cc1ccc(NC[C@@H]2CCCO2)c(C(F)(F)F)c1. The molecule has 0 radical (unpaired) electrons. The van der Waals surface area contributed by atoms with Gasteiger partial charge >= 0.3 is 6.18 Å². The topological polar surface area (TPSA) is 45.0 Å². The molecular weight excluding hydrogens is 257 g/mol. The van der Waals surface area contributed by atoms with Gasteiger partial charge in [-0.1, -0.05) is 0 Å². The Morgan fingerprint density at radius 2 is 2.21 bits per heavy atom. The molecule has 1 aromatic carbocycles. The van der Waals surface area contributed by atoms with E-state index in [0.29, 0.717) is 13.2 Å². The van der Waals surface area contributed by atoms with Crippen LogP contribution in [0, 0.1) is 11.3 Å². The fraction of sp³-hybridized carbons (Fsp3) is 0.462. The van der Waals surface area contributed by atoms with Crippen molar-refractivity contribution in [3.05, 3.63) is 29.3 Å². The number of anilines is 1. The molecule has 1 atom stereocenters. The minimum absolute atomic E-state index is 0.00464. The molecule has 1 N–H and O–H groups in total. The van der Waals surface area contributed by atoms with Crippen LogP contribution in [0.5, 0.6) is 0 Å². The van der Waals surface area contributed by atoms with Crippen molar-refractivity contribution >= 4 is 5.69 Å². The number of nitrogens with zero attached hydrogens (tertiary/aromatic N) is 1. The molecular formula is C13H13F3N2O. The molecule has 1 aliphatic rings. The molecule has 0 saturated carbocycles. The minimum atomic E-state index is -4.48. The number of alkyl halides is 3. The van der Waals surface area contributed by atoms with Crippen LogP contribution in [0.2, 0.25) is 0 Å². The van der Waals surface area contributed by atoms with E-state index in [1.54, 1.807) is 6.07 Å². The number of nitriles is 1. The number of hydrogen-bond acceptors (Lipinski definition) is 3. The molecule has 1 heterocycles. The van der Waals surface area contributed by atoms with E-state index in [1.807, 2.05) is 0 Å². The van der Waals surface area contributed by atoms with Crippen LogP contribution in [0.3, 0.4) is 0 Å². The van der Waals surface area contributed by atoms with Gasteiger partial charge in [-0.25, -0.2) is 0 Å². The summed E-state index contributed by atoms with van der Waals surface area (Å²) in [6, 6.07) is 5.23. The van der Waals surface area contributed by atoms with Crippen molar-refractivity contribution < 1.29 is 17.9 Å². The number of benzene rings is 1. The normalized spacial score (nSPS) is 19.2. The van der Waals surface area contributed by atoms with Crippen LogP contribution in [0.1, 0.15) is 24.0 Å². The van der Waals surface area contributed by atoms with Gasteiger partial charge in [0.25, 0.3) is 0 Å². The van der Waals surface area contributed by atoms with Gasteiger partial charge in [0, 0.05) is 18.8 Å². The Kier molecular flexibility index (Phi) is 3.96. The lowest BCUT2D eigenvalue weighted by Gasteiger charge is -2.17. The van der Waals surface area contributed by atoms with E-state index in [-0.39, 0.29) is 17.4 Å².